The second-order valence-corrected chi connectivity index (χ2v) is 4.88. The fourth-order valence-electron chi connectivity index (χ4n) is 1.72. The normalized spacial score (nSPS) is 10.9. The van der Waals surface area contributed by atoms with E-state index in [4.69, 9.17) is 4.74 Å². The van der Waals surface area contributed by atoms with E-state index in [-0.39, 0.29) is 12.6 Å². The first-order chi connectivity index (χ1) is 10.1. The van der Waals surface area contributed by atoms with Gasteiger partial charge in [0.2, 0.25) is 0 Å². The van der Waals surface area contributed by atoms with Crippen LogP contribution in [0.2, 0.25) is 0 Å². The Hall–Kier alpha value is -2.08. The maximum Gasteiger partial charge on any atom is 0.191 e. The molecule has 0 aliphatic carbocycles. The molecule has 0 bridgehead atoms. The number of hydrogen-bond acceptors (Lipinski definition) is 4. The van der Waals surface area contributed by atoms with Crippen LogP contribution in [0.25, 0.3) is 0 Å². The fraction of sp³-hybridized carbons (Fsp3) is 0.333. The summed E-state index contributed by atoms with van der Waals surface area (Å²) < 4.78 is 32.9. The van der Waals surface area contributed by atoms with E-state index in [1.165, 1.54) is 12.1 Å². The van der Waals surface area contributed by atoms with Crippen molar-refractivity contribution in [2.24, 2.45) is 0 Å². The van der Waals surface area contributed by atoms with Gasteiger partial charge in [0.05, 0.1) is 0 Å². The van der Waals surface area contributed by atoms with E-state index >= 15 is 0 Å². The van der Waals surface area contributed by atoms with Crippen LogP contribution in [-0.4, -0.2) is 16.0 Å². The number of benzene rings is 1. The first-order valence-electron chi connectivity index (χ1n) is 6.66. The predicted molar refractivity (Wildman–Crippen MR) is 74.7 cm³/mol. The lowest BCUT2D eigenvalue weighted by Gasteiger charge is -2.11. The largest absolute Gasteiger partial charge is 0.479 e. The van der Waals surface area contributed by atoms with Gasteiger partial charge in [-0.2, -0.15) is 0 Å². The highest BCUT2D eigenvalue weighted by Gasteiger charge is 2.13. The second kappa shape index (κ2) is 7.08. The molecule has 0 fully saturated rings. The van der Waals surface area contributed by atoms with Gasteiger partial charge in [-0.05, 0) is 23.8 Å². The van der Waals surface area contributed by atoms with Crippen molar-refractivity contribution in [2.75, 3.05) is 0 Å². The van der Waals surface area contributed by atoms with Crippen molar-refractivity contribution in [1.29, 1.82) is 0 Å². The minimum Gasteiger partial charge on any atom is -0.479 e. The summed E-state index contributed by atoms with van der Waals surface area (Å²) in [6.45, 7) is 4.24. The van der Waals surface area contributed by atoms with E-state index in [1.54, 1.807) is 18.5 Å². The van der Waals surface area contributed by atoms with Gasteiger partial charge in [-0.3, -0.25) is 0 Å². The molecule has 2 rings (SSSR count). The SMILES string of the molecule is CC(C)NCc1cc(F)c(OCc2ncccn2)c(F)c1. The van der Waals surface area contributed by atoms with Gasteiger partial charge in [0, 0.05) is 25.0 Å². The Morgan fingerprint density at radius 1 is 1.14 bits per heavy atom. The molecular formula is C15H17F2N3O. The van der Waals surface area contributed by atoms with Crippen LogP contribution in [0.1, 0.15) is 25.2 Å². The lowest BCUT2D eigenvalue weighted by Crippen LogP contribution is -2.22. The molecule has 2 aromatic rings. The molecule has 0 radical (unpaired) electrons. The van der Waals surface area contributed by atoms with E-state index < -0.39 is 17.4 Å². The number of aromatic nitrogens is 2. The van der Waals surface area contributed by atoms with Gasteiger partial charge in [-0.1, -0.05) is 13.8 Å². The minimum atomic E-state index is -0.730. The number of nitrogens with zero attached hydrogens (tertiary/aromatic N) is 2. The molecule has 0 unspecified atom stereocenters. The summed E-state index contributed by atoms with van der Waals surface area (Å²) in [5, 5.41) is 3.10. The molecule has 0 atom stereocenters. The zero-order valence-electron chi connectivity index (χ0n) is 11.9. The molecule has 0 aliphatic heterocycles. The van der Waals surface area contributed by atoms with Crippen LogP contribution < -0.4 is 10.1 Å². The van der Waals surface area contributed by atoms with Gasteiger partial charge in [-0.25, -0.2) is 18.7 Å². The molecule has 0 spiro atoms. The van der Waals surface area contributed by atoms with Crippen LogP contribution >= 0.6 is 0 Å². The van der Waals surface area contributed by atoms with Crippen LogP contribution in [0.3, 0.4) is 0 Å². The summed E-state index contributed by atoms with van der Waals surface area (Å²) in [5.74, 6) is -1.50. The van der Waals surface area contributed by atoms with Crippen molar-refractivity contribution in [2.45, 2.75) is 33.0 Å². The number of rotatable bonds is 6. The van der Waals surface area contributed by atoms with Gasteiger partial charge >= 0.3 is 0 Å². The molecule has 112 valence electrons. The summed E-state index contributed by atoms with van der Waals surface area (Å²) in [4.78, 5) is 7.86. The summed E-state index contributed by atoms with van der Waals surface area (Å²) in [7, 11) is 0. The Kier molecular flexibility index (Phi) is 5.16. The lowest BCUT2D eigenvalue weighted by molar-refractivity contribution is 0.265. The van der Waals surface area contributed by atoms with Gasteiger partial charge < -0.3 is 10.1 Å². The molecule has 4 nitrogen and oxygen atoms in total. The number of hydrogen-bond donors (Lipinski definition) is 1. The zero-order chi connectivity index (χ0) is 15.2. The molecule has 0 saturated heterocycles. The van der Waals surface area contributed by atoms with Crippen molar-refractivity contribution in [1.82, 2.24) is 15.3 Å². The van der Waals surface area contributed by atoms with E-state index in [0.29, 0.717) is 17.9 Å². The number of ether oxygens (including phenoxy) is 1. The Labute approximate surface area is 122 Å². The Morgan fingerprint density at radius 3 is 2.33 bits per heavy atom. The van der Waals surface area contributed by atoms with Crippen LogP contribution in [0.4, 0.5) is 8.78 Å². The molecule has 0 saturated carbocycles. The van der Waals surface area contributed by atoms with Crippen LogP contribution in [0.15, 0.2) is 30.6 Å². The van der Waals surface area contributed by atoms with Gasteiger partial charge in [0.15, 0.2) is 23.2 Å². The topological polar surface area (TPSA) is 47.0 Å². The maximum atomic E-state index is 13.9. The predicted octanol–water partition coefficient (Wildman–Crippen LogP) is 2.83. The molecule has 21 heavy (non-hydrogen) atoms. The van der Waals surface area contributed by atoms with Crippen molar-refractivity contribution in [3.05, 3.63) is 53.6 Å². The van der Waals surface area contributed by atoms with E-state index in [1.807, 2.05) is 13.8 Å². The minimum absolute atomic E-state index is 0.0850. The van der Waals surface area contributed by atoms with Crippen LogP contribution in [-0.2, 0) is 13.2 Å². The number of nitrogens with one attached hydrogen (secondary N) is 1. The third kappa shape index (κ3) is 4.46. The van der Waals surface area contributed by atoms with Gasteiger partial charge in [0.25, 0.3) is 0 Å². The van der Waals surface area contributed by atoms with Crippen LogP contribution in [0, 0.1) is 11.6 Å². The summed E-state index contributed by atoms with van der Waals surface area (Å²) in [5.41, 5.74) is 0.530. The molecule has 0 amide bonds. The summed E-state index contributed by atoms with van der Waals surface area (Å²) >= 11 is 0. The average Bonchev–Trinajstić information content (AvgIpc) is 2.45. The molecule has 1 N–H and O–H groups in total. The molecule has 1 aromatic carbocycles. The van der Waals surface area contributed by atoms with E-state index in [0.717, 1.165) is 0 Å². The summed E-state index contributed by atoms with van der Waals surface area (Å²) in [6, 6.07) is 4.42. The smallest absolute Gasteiger partial charge is 0.191 e. The molecular weight excluding hydrogens is 276 g/mol. The molecule has 1 aromatic heterocycles. The highest BCUT2D eigenvalue weighted by atomic mass is 19.1. The summed E-state index contributed by atoms with van der Waals surface area (Å²) in [6.07, 6.45) is 3.08. The van der Waals surface area contributed by atoms with E-state index in [9.17, 15) is 8.78 Å². The van der Waals surface area contributed by atoms with Crippen molar-refractivity contribution in [3.8, 4) is 5.75 Å². The zero-order valence-corrected chi connectivity index (χ0v) is 11.9. The standard InChI is InChI=1S/C15H17F2N3O/c1-10(2)20-8-11-6-12(16)15(13(17)7-11)21-9-14-18-4-3-5-19-14/h3-7,10,20H,8-9H2,1-2H3. The third-order valence-electron chi connectivity index (χ3n) is 2.74. The van der Waals surface area contributed by atoms with Crippen molar-refractivity contribution >= 4 is 0 Å². The first kappa shape index (κ1) is 15.3. The van der Waals surface area contributed by atoms with Gasteiger partial charge in [-0.15, -0.1) is 0 Å². The second-order valence-electron chi connectivity index (χ2n) is 4.88. The van der Waals surface area contributed by atoms with Gasteiger partial charge in [0.1, 0.15) is 6.61 Å². The highest BCUT2D eigenvalue weighted by molar-refractivity contribution is 5.31. The Morgan fingerprint density at radius 2 is 1.76 bits per heavy atom. The molecule has 6 heteroatoms. The fourth-order valence-corrected chi connectivity index (χ4v) is 1.72. The number of halogens is 2. The Bertz CT molecular complexity index is 568. The van der Waals surface area contributed by atoms with Crippen molar-refractivity contribution in [3.63, 3.8) is 0 Å². The Balaban J connectivity index is 2.06. The maximum absolute atomic E-state index is 13.9. The van der Waals surface area contributed by atoms with Crippen molar-refractivity contribution < 1.29 is 13.5 Å². The van der Waals surface area contributed by atoms with E-state index in [2.05, 4.69) is 15.3 Å². The first-order valence-corrected chi connectivity index (χ1v) is 6.66. The third-order valence-corrected chi connectivity index (χ3v) is 2.74. The quantitative estimate of drug-likeness (QED) is 0.889. The van der Waals surface area contributed by atoms with Crippen LogP contribution in [0.5, 0.6) is 5.75 Å². The lowest BCUT2D eigenvalue weighted by atomic mass is 10.2. The average molecular weight is 293 g/mol. The highest BCUT2D eigenvalue weighted by Crippen LogP contribution is 2.24. The molecule has 1 heterocycles. The monoisotopic (exact) mass is 293 g/mol. The molecule has 0 aliphatic rings.